The molecule has 98 valence electrons. The molecule has 5 heteroatoms. The summed E-state index contributed by atoms with van der Waals surface area (Å²) in [6.45, 7) is 2.52. The van der Waals surface area contributed by atoms with Crippen LogP contribution in [0, 0.1) is 5.92 Å². The van der Waals surface area contributed by atoms with Gasteiger partial charge in [0, 0.05) is 25.1 Å². The Morgan fingerprint density at radius 3 is 3.06 bits per heavy atom. The van der Waals surface area contributed by atoms with Crippen molar-refractivity contribution in [3.05, 3.63) is 17.5 Å². The highest BCUT2D eigenvalue weighted by molar-refractivity contribution is 5.76. The summed E-state index contributed by atoms with van der Waals surface area (Å²) < 4.78 is 5.34. The Morgan fingerprint density at radius 1 is 1.50 bits per heavy atom. The quantitative estimate of drug-likeness (QED) is 0.871. The van der Waals surface area contributed by atoms with Crippen molar-refractivity contribution in [1.82, 2.24) is 10.1 Å². The minimum atomic E-state index is -0.182. The fourth-order valence-electron chi connectivity index (χ4n) is 2.62. The molecule has 1 aliphatic heterocycles. The van der Waals surface area contributed by atoms with Crippen molar-refractivity contribution in [3.63, 3.8) is 0 Å². The summed E-state index contributed by atoms with van der Waals surface area (Å²) >= 11 is 0. The first-order valence-electron chi connectivity index (χ1n) is 6.69. The summed E-state index contributed by atoms with van der Waals surface area (Å²) in [5.41, 5.74) is 6.35. The first-order chi connectivity index (χ1) is 8.72. The maximum absolute atomic E-state index is 11.2. The van der Waals surface area contributed by atoms with Crippen LogP contribution >= 0.6 is 0 Å². The Balaban J connectivity index is 1.59. The van der Waals surface area contributed by atoms with E-state index in [0.29, 0.717) is 5.92 Å². The largest absolute Gasteiger partial charge is 0.369 e. The molecular weight excluding hydrogens is 230 g/mol. The molecule has 0 aromatic carbocycles. The lowest BCUT2D eigenvalue weighted by molar-refractivity contribution is -0.123. The van der Waals surface area contributed by atoms with Crippen molar-refractivity contribution in [3.8, 4) is 0 Å². The van der Waals surface area contributed by atoms with E-state index in [0.717, 1.165) is 43.9 Å². The standard InChI is InChI=1S/C13H19N3O2/c14-13(17)10-2-1-5-16(7-10)8-11-6-12(18-15-11)9-3-4-9/h6,9-10H,1-5,7-8H2,(H2,14,17). The Bertz CT molecular complexity index is 439. The third-order valence-electron chi connectivity index (χ3n) is 3.85. The van der Waals surface area contributed by atoms with Crippen LogP contribution in [-0.4, -0.2) is 29.1 Å². The average Bonchev–Trinajstić information content (AvgIpc) is 3.11. The predicted molar refractivity (Wildman–Crippen MR) is 65.7 cm³/mol. The molecule has 1 saturated carbocycles. The van der Waals surface area contributed by atoms with Crippen molar-refractivity contribution < 1.29 is 9.32 Å². The second-order valence-electron chi connectivity index (χ2n) is 5.47. The zero-order chi connectivity index (χ0) is 12.5. The molecule has 5 nitrogen and oxygen atoms in total. The van der Waals surface area contributed by atoms with Gasteiger partial charge in [0.1, 0.15) is 5.76 Å². The van der Waals surface area contributed by atoms with Gasteiger partial charge in [-0.15, -0.1) is 0 Å². The molecule has 3 rings (SSSR count). The van der Waals surface area contributed by atoms with Crippen LogP contribution in [0.1, 0.15) is 43.1 Å². The van der Waals surface area contributed by atoms with E-state index >= 15 is 0 Å². The normalized spacial score (nSPS) is 25.2. The van der Waals surface area contributed by atoms with E-state index in [1.165, 1.54) is 12.8 Å². The summed E-state index contributed by atoms with van der Waals surface area (Å²) in [4.78, 5) is 13.5. The molecule has 2 N–H and O–H groups in total. The van der Waals surface area contributed by atoms with Crippen LogP contribution in [0.3, 0.4) is 0 Å². The van der Waals surface area contributed by atoms with Crippen LogP contribution in [0.15, 0.2) is 10.6 Å². The zero-order valence-electron chi connectivity index (χ0n) is 10.5. The Hall–Kier alpha value is -1.36. The third kappa shape index (κ3) is 2.56. The van der Waals surface area contributed by atoms with E-state index in [9.17, 15) is 4.79 Å². The molecule has 1 aromatic heterocycles. The van der Waals surface area contributed by atoms with Gasteiger partial charge in [-0.3, -0.25) is 9.69 Å². The van der Waals surface area contributed by atoms with Gasteiger partial charge >= 0.3 is 0 Å². The molecule has 0 radical (unpaired) electrons. The number of amides is 1. The number of carbonyl (C=O) groups excluding carboxylic acids is 1. The second-order valence-corrected chi connectivity index (χ2v) is 5.47. The molecule has 1 unspecified atom stereocenters. The second kappa shape index (κ2) is 4.72. The molecule has 18 heavy (non-hydrogen) atoms. The van der Waals surface area contributed by atoms with Gasteiger partial charge in [-0.05, 0) is 32.2 Å². The van der Waals surface area contributed by atoms with Gasteiger partial charge in [-0.2, -0.15) is 0 Å². The van der Waals surface area contributed by atoms with E-state index in [1.54, 1.807) is 0 Å². The zero-order valence-corrected chi connectivity index (χ0v) is 10.5. The molecule has 1 amide bonds. The number of carbonyl (C=O) groups is 1. The molecule has 0 spiro atoms. The first kappa shape index (κ1) is 11.7. The summed E-state index contributed by atoms with van der Waals surface area (Å²) in [5.74, 6) is 1.44. The molecule has 0 bridgehead atoms. The number of nitrogens with zero attached hydrogens (tertiary/aromatic N) is 2. The lowest BCUT2D eigenvalue weighted by Gasteiger charge is -2.30. The molecule has 2 aliphatic rings. The number of piperidine rings is 1. The van der Waals surface area contributed by atoms with E-state index in [1.807, 2.05) is 0 Å². The Labute approximate surface area is 106 Å². The maximum Gasteiger partial charge on any atom is 0.221 e. The fraction of sp³-hybridized carbons (Fsp3) is 0.692. The van der Waals surface area contributed by atoms with Crippen molar-refractivity contribution in [1.29, 1.82) is 0 Å². The number of likely N-dealkylation sites (tertiary alicyclic amines) is 1. The maximum atomic E-state index is 11.2. The van der Waals surface area contributed by atoms with Gasteiger partial charge in [0.05, 0.1) is 11.6 Å². The fourth-order valence-corrected chi connectivity index (χ4v) is 2.62. The monoisotopic (exact) mass is 249 g/mol. The summed E-state index contributed by atoms with van der Waals surface area (Å²) in [6.07, 6.45) is 4.39. The number of hydrogen-bond acceptors (Lipinski definition) is 4. The molecule has 1 aliphatic carbocycles. The first-order valence-corrected chi connectivity index (χ1v) is 6.69. The molecule has 1 atom stereocenters. The summed E-state index contributed by atoms with van der Waals surface area (Å²) in [7, 11) is 0. The highest BCUT2D eigenvalue weighted by Gasteiger charge is 2.29. The SMILES string of the molecule is NC(=O)C1CCCN(Cc2cc(C3CC3)on2)C1. The number of nitrogens with two attached hydrogens (primary N) is 1. The number of aromatic nitrogens is 1. The van der Waals surface area contributed by atoms with Crippen LogP contribution in [0.25, 0.3) is 0 Å². The van der Waals surface area contributed by atoms with E-state index in [4.69, 9.17) is 10.3 Å². The van der Waals surface area contributed by atoms with Crippen molar-refractivity contribution in [2.75, 3.05) is 13.1 Å². The summed E-state index contributed by atoms with van der Waals surface area (Å²) in [6, 6.07) is 2.06. The topological polar surface area (TPSA) is 72.4 Å². The van der Waals surface area contributed by atoms with Gasteiger partial charge in [-0.1, -0.05) is 5.16 Å². The lowest BCUT2D eigenvalue weighted by Crippen LogP contribution is -2.40. The van der Waals surface area contributed by atoms with Crippen molar-refractivity contribution in [2.24, 2.45) is 11.7 Å². The molecule has 1 saturated heterocycles. The van der Waals surface area contributed by atoms with Crippen molar-refractivity contribution >= 4 is 5.91 Å². The predicted octanol–water partition coefficient (Wildman–Crippen LogP) is 1.25. The van der Waals surface area contributed by atoms with Gasteiger partial charge in [0.15, 0.2) is 0 Å². The number of primary amides is 1. The number of hydrogen-bond donors (Lipinski definition) is 1. The van der Waals surface area contributed by atoms with Gasteiger partial charge < -0.3 is 10.3 Å². The third-order valence-corrected chi connectivity index (χ3v) is 3.85. The molecule has 2 heterocycles. The minimum absolute atomic E-state index is 0.00597. The van der Waals surface area contributed by atoms with E-state index in [2.05, 4.69) is 16.1 Å². The van der Waals surface area contributed by atoms with Gasteiger partial charge in [-0.25, -0.2) is 0 Å². The van der Waals surface area contributed by atoms with Crippen molar-refractivity contribution in [2.45, 2.75) is 38.1 Å². The van der Waals surface area contributed by atoms with E-state index in [-0.39, 0.29) is 11.8 Å². The smallest absolute Gasteiger partial charge is 0.221 e. The van der Waals surface area contributed by atoms with Crippen LogP contribution in [0.2, 0.25) is 0 Å². The average molecular weight is 249 g/mol. The lowest BCUT2D eigenvalue weighted by atomic mass is 9.97. The molecular formula is C13H19N3O2. The van der Waals surface area contributed by atoms with Crippen LogP contribution in [0.5, 0.6) is 0 Å². The molecule has 2 fully saturated rings. The highest BCUT2D eigenvalue weighted by atomic mass is 16.5. The Morgan fingerprint density at radius 2 is 2.33 bits per heavy atom. The van der Waals surface area contributed by atoms with E-state index < -0.39 is 0 Å². The minimum Gasteiger partial charge on any atom is -0.369 e. The Kier molecular flexibility index (Phi) is 3.07. The highest BCUT2D eigenvalue weighted by Crippen LogP contribution is 2.40. The van der Waals surface area contributed by atoms with Gasteiger partial charge in [0.2, 0.25) is 5.91 Å². The summed E-state index contributed by atoms with van der Waals surface area (Å²) in [5, 5.41) is 4.11. The van der Waals surface area contributed by atoms with Crippen LogP contribution < -0.4 is 5.73 Å². The van der Waals surface area contributed by atoms with Gasteiger partial charge in [0.25, 0.3) is 0 Å². The molecule has 1 aromatic rings. The number of rotatable bonds is 4. The van der Waals surface area contributed by atoms with Crippen LogP contribution in [0.4, 0.5) is 0 Å². The van der Waals surface area contributed by atoms with Crippen LogP contribution in [-0.2, 0) is 11.3 Å².